The molecule has 6 heteroatoms. The van der Waals surface area contributed by atoms with Gasteiger partial charge in [-0.25, -0.2) is 9.97 Å². The van der Waals surface area contributed by atoms with Crippen molar-refractivity contribution in [2.75, 3.05) is 10.6 Å². The molecule has 0 amide bonds. The molecule has 1 aliphatic carbocycles. The lowest BCUT2D eigenvalue weighted by molar-refractivity contribution is 0.615. The van der Waals surface area contributed by atoms with Gasteiger partial charge in [-0.2, -0.15) is 9.97 Å². The maximum absolute atomic E-state index is 4.75. The molecule has 3 aromatic rings. The number of nitrogens with zero attached hydrogens (tertiary/aromatic N) is 4. The van der Waals surface area contributed by atoms with Crippen molar-refractivity contribution in [1.82, 2.24) is 19.9 Å². The lowest BCUT2D eigenvalue weighted by atomic mass is 10.1. The molecule has 140 valence electrons. The lowest BCUT2D eigenvalue weighted by Crippen LogP contribution is -2.20. The Morgan fingerprint density at radius 2 is 1.70 bits per heavy atom. The molecule has 2 N–H and O–H groups in total. The third kappa shape index (κ3) is 4.15. The van der Waals surface area contributed by atoms with Crippen LogP contribution in [0.4, 0.5) is 17.5 Å². The van der Waals surface area contributed by atoms with E-state index in [0.29, 0.717) is 29.0 Å². The van der Waals surface area contributed by atoms with Gasteiger partial charge < -0.3 is 10.6 Å². The van der Waals surface area contributed by atoms with Gasteiger partial charge in [0, 0.05) is 24.1 Å². The van der Waals surface area contributed by atoms with Crippen molar-refractivity contribution in [3.63, 3.8) is 0 Å². The van der Waals surface area contributed by atoms with Gasteiger partial charge in [0.1, 0.15) is 0 Å². The molecule has 0 unspecified atom stereocenters. The number of hydrogen-bond donors (Lipinski definition) is 2. The summed E-state index contributed by atoms with van der Waals surface area (Å²) < 4.78 is 0. The monoisotopic (exact) mass is 362 g/mol. The highest BCUT2D eigenvalue weighted by molar-refractivity contribution is 5.86. The van der Waals surface area contributed by atoms with Crippen LogP contribution in [-0.4, -0.2) is 26.0 Å². The van der Waals surface area contributed by atoms with E-state index in [9.17, 15) is 0 Å². The van der Waals surface area contributed by atoms with Crippen molar-refractivity contribution >= 4 is 28.6 Å². The van der Waals surface area contributed by atoms with E-state index in [1.54, 1.807) is 12.4 Å². The normalized spacial score (nSPS) is 15.5. The van der Waals surface area contributed by atoms with E-state index in [1.807, 2.05) is 0 Å². The average molecular weight is 362 g/mol. The molecule has 1 aliphatic rings. The number of nitrogens with one attached hydrogen (secondary N) is 2. The van der Waals surface area contributed by atoms with Crippen molar-refractivity contribution in [2.24, 2.45) is 0 Å². The summed E-state index contributed by atoms with van der Waals surface area (Å²) in [7, 11) is 0. The minimum absolute atomic E-state index is 0.426. The van der Waals surface area contributed by atoms with Crippen LogP contribution in [0.3, 0.4) is 0 Å². The van der Waals surface area contributed by atoms with Crippen LogP contribution in [0, 0.1) is 13.8 Å². The van der Waals surface area contributed by atoms with E-state index >= 15 is 0 Å². The standard InChI is InChI=1S/C21H26N6/c1-14-9-10-17(15(2)13-14)25-20-18-19(23-12-11-22-18)26-21(27-20)24-16-7-5-3-4-6-8-16/h9-13,16H,3-8H2,1-2H3,(H2,23,24,25,26,27). The second kappa shape index (κ2) is 7.86. The summed E-state index contributed by atoms with van der Waals surface area (Å²) >= 11 is 0. The van der Waals surface area contributed by atoms with Crippen LogP contribution >= 0.6 is 0 Å². The molecular formula is C21H26N6. The fourth-order valence-corrected chi connectivity index (χ4v) is 3.70. The van der Waals surface area contributed by atoms with Crippen molar-refractivity contribution in [3.05, 3.63) is 41.7 Å². The molecule has 27 heavy (non-hydrogen) atoms. The lowest BCUT2D eigenvalue weighted by Gasteiger charge is -2.17. The smallest absolute Gasteiger partial charge is 0.227 e. The Hall–Kier alpha value is -2.76. The van der Waals surface area contributed by atoms with Crippen LogP contribution in [0.1, 0.15) is 49.7 Å². The zero-order valence-electron chi connectivity index (χ0n) is 16.0. The van der Waals surface area contributed by atoms with Gasteiger partial charge in [-0.15, -0.1) is 0 Å². The SMILES string of the molecule is Cc1ccc(Nc2nc(NC3CCCCCC3)nc3nccnc23)c(C)c1. The molecule has 2 aromatic heterocycles. The topological polar surface area (TPSA) is 75.6 Å². The molecule has 2 heterocycles. The van der Waals surface area contributed by atoms with Crippen LogP contribution < -0.4 is 10.6 Å². The highest BCUT2D eigenvalue weighted by Gasteiger charge is 2.16. The second-order valence-electron chi connectivity index (χ2n) is 7.40. The number of fused-ring (bicyclic) bond motifs is 1. The Kier molecular flexibility index (Phi) is 5.14. The first-order chi connectivity index (χ1) is 13.2. The predicted molar refractivity (Wildman–Crippen MR) is 109 cm³/mol. The Balaban J connectivity index is 1.67. The van der Waals surface area contributed by atoms with Crippen LogP contribution in [0.5, 0.6) is 0 Å². The highest BCUT2D eigenvalue weighted by Crippen LogP contribution is 2.26. The largest absolute Gasteiger partial charge is 0.351 e. The summed E-state index contributed by atoms with van der Waals surface area (Å²) in [5.74, 6) is 1.32. The van der Waals surface area contributed by atoms with Crippen LogP contribution in [0.25, 0.3) is 11.2 Å². The average Bonchev–Trinajstić information content (AvgIpc) is 2.93. The van der Waals surface area contributed by atoms with Crippen LogP contribution in [0.15, 0.2) is 30.6 Å². The quantitative estimate of drug-likeness (QED) is 0.642. The summed E-state index contributed by atoms with van der Waals surface area (Å²) in [6, 6.07) is 6.75. The van der Waals surface area contributed by atoms with Gasteiger partial charge >= 0.3 is 0 Å². The third-order valence-electron chi connectivity index (χ3n) is 5.16. The molecule has 4 rings (SSSR count). The summed E-state index contributed by atoms with van der Waals surface area (Å²) in [5.41, 5.74) is 4.72. The Morgan fingerprint density at radius 3 is 2.48 bits per heavy atom. The number of aromatic nitrogens is 4. The van der Waals surface area contributed by atoms with Gasteiger partial charge in [0.15, 0.2) is 17.0 Å². The minimum Gasteiger partial charge on any atom is -0.351 e. The molecule has 0 atom stereocenters. The maximum atomic E-state index is 4.75. The molecule has 0 bridgehead atoms. The van der Waals surface area contributed by atoms with Crippen molar-refractivity contribution in [2.45, 2.75) is 58.4 Å². The first-order valence-electron chi connectivity index (χ1n) is 9.78. The van der Waals surface area contributed by atoms with Gasteiger partial charge in [0.25, 0.3) is 0 Å². The maximum Gasteiger partial charge on any atom is 0.227 e. The molecule has 0 saturated heterocycles. The van der Waals surface area contributed by atoms with E-state index < -0.39 is 0 Å². The molecular weight excluding hydrogens is 336 g/mol. The van der Waals surface area contributed by atoms with E-state index in [1.165, 1.54) is 49.7 Å². The van der Waals surface area contributed by atoms with Gasteiger partial charge in [-0.05, 0) is 38.3 Å². The van der Waals surface area contributed by atoms with E-state index in [0.717, 1.165) is 5.69 Å². The van der Waals surface area contributed by atoms with Crippen LogP contribution in [-0.2, 0) is 0 Å². The minimum atomic E-state index is 0.426. The number of aryl methyl sites for hydroxylation is 2. The number of anilines is 3. The molecule has 0 aliphatic heterocycles. The summed E-state index contributed by atoms with van der Waals surface area (Å²) in [6.07, 6.45) is 10.9. The summed E-state index contributed by atoms with van der Waals surface area (Å²) in [6.45, 7) is 4.19. The zero-order chi connectivity index (χ0) is 18.6. The van der Waals surface area contributed by atoms with E-state index in [-0.39, 0.29) is 0 Å². The molecule has 0 radical (unpaired) electrons. The van der Waals surface area contributed by atoms with Crippen molar-refractivity contribution in [3.8, 4) is 0 Å². The van der Waals surface area contributed by atoms with Gasteiger partial charge in [-0.3, -0.25) is 0 Å². The predicted octanol–water partition coefficient (Wildman–Crippen LogP) is 4.91. The van der Waals surface area contributed by atoms with E-state index in [4.69, 9.17) is 4.98 Å². The fraction of sp³-hybridized carbons (Fsp3) is 0.429. The summed E-state index contributed by atoms with van der Waals surface area (Å²) in [4.78, 5) is 18.2. The first kappa shape index (κ1) is 17.6. The van der Waals surface area contributed by atoms with Gasteiger partial charge in [0.05, 0.1) is 0 Å². The molecule has 6 nitrogen and oxygen atoms in total. The highest BCUT2D eigenvalue weighted by atomic mass is 15.2. The number of benzene rings is 1. The molecule has 1 saturated carbocycles. The molecule has 1 fully saturated rings. The molecule has 1 aromatic carbocycles. The zero-order valence-corrected chi connectivity index (χ0v) is 16.0. The fourth-order valence-electron chi connectivity index (χ4n) is 3.70. The van der Waals surface area contributed by atoms with Gasteiger partial charge in [0.2, 0.25) is 5.95 Å². The van der Waals surface area contributed by atoms with Crippen molar-refractivity contribution < 1.29 is 0 Å². The Labute approximate surface area is 159 Å². The van der Waals surface area contributed by atoms with Crippen LogP contribution in [0.2, 0.25) is 0 Å². The van der Waals surface area contributed by atoms with E-state index in [2.05, 4.69) is 57.6 Å². The first-order valence-corrected chi connectivity index (χ1v) is 9.78. The molecule has 0 spiro atoms. The van der Waals surface area contributed by atoms with Gasteiger partial charge in [-0.1, -0.05) is 43.4 Å². The Morgan fingerprint density at radius 1 is 0.926 bits per heavy atom. The second-order valence-corrected chi connectivity index (χ2v) is 7.40. The summed E-state index contributed by atoms with van der Waals surface area (Å²) in [5, 5.41) is 6.97. The third-order valence-corrected chi connectivity index (χ3v) is 5.16. The Bertz CT molecular complexity index is 931. The van der Waals surface area contributed by atoms with Crippen molar-refractivity contribution in [1.29, 1.82) is 0 Å². The number of rotatable bonds is 4. The number of hydrogen-bond acceptors (Lipinski definition) is 6.